The summed E-state index contributed by atoms with van der Waals surface area (Å²) in [4.78, 5) is 11.8. The van der Waals surface area contributed by atoms with Gasteiger partial charge in [0.25, 0.3) is 5.91 Å². The standard InChI is InChI=1S/C12H12Cl2FNO/c13-7-4-5-8(10(15)6-7)12(17)16-11-3-1-2-9(11)14/h4-6,9,11H,1-3H2,(H,16,17). The number of halogens is 3. The number of rotatable bonds is 2. The first-order valence-electron chi connectivity index (χ1n) is 5.48. The summed E-state index contributed by atoms with van der Waals surface area (Å²) in [7, 11) is 0. The number of benzene rings is 1. The lowest BCUT2D eigenvalue weighted by Crippen LogP contribution is -2.38. The van der Waals surface area contributed by atoms with Gasteiger partial charge >= 0.3 is 0 Å². The van der Waals surface area contributed by atoms with Crippen molar-refractivity contribution in [3.63, 3.8) is 0 Å². The molecule has 1 fully saturated rings. The molecule has 2 atom stereocenters. The summed E-state index contributed by atoms with van der Waals surface area (Å²) in [5.41, 5.74) is 0.00478. The minimum Gasteiger partial charge on any atom is -0.348 e. The van der Waals surface area contributed by atoms with Gasteiger partial charge in [-0.3, -0.25) is 4.79 Å². The van der Waals surface area contributed by atoms with E-state index in [4.69, 9.17) is 23.2 Å². The molecule has 17 heavy (non-hydrogen) atoms. The Morgan fingerprint density at radius 3 is 2.76 bits per heavy atom. The van der Waals surface area contributed by atoms with E-state index in [9.17, 15) is 9.18 Å². The van der Waals surface area contributed by atoms with Crippen LogP contribution in [0.2, 0.25) is 5.02 Å². The number of hydrogen-bond acceptors (Lipinski definition) is 1. The average Bonchev–Trinajstić information content (AvgIpc) is 2.64. The summed E-state index contributed by atoms with van der Waals surface area (Å²) >= 11 is 11.7. The van der Waals surface area contributed by atoms with Crippen LogP contribution in [0.15, 0.2) is 18.2 Å². The predicted octanol–water partition coefficient (Wildman–Crippen LogP) is 3.37. The SMILES string of the molecule is O=C(NC1CCCC1Cl)c1ccc(Cl)cc1F. The largest absolute Gasteiger partial charge is 0.348 e. The highest BCUT2D eigenvalue weighted by Gasteiger charge is 2.27. The Labute approximate surface area is 109 Å². The van der Waals surface area contributed by atoms with Gasteiger partial charge in [-0.2, -0.15) is 0 Å². The summed E-state index contributed by atoms with van der Waals surface area (Å²) < 4.78 is 13.5. The van der Waals surface area contributed by atoms with E-state index in [-0.39, 0.29) is 22.0 Å². The Kier molecular flexibility index (Phi) is 3.89. The maximum absolute atomic E-state index is 13.5. The second-order valence-corrected chi connectivity index (χ2v) is 5.15. The average molecular weight is 276 g/mol. The summed E-state index contributed by atoms with van der Waals surface area (Å²) in [6, 6.07) is 3.93. The normalized spacial score (nSPS) is 23.7. The monoisotopic (exact) mass is 275 g/mol. The molecular weight excluding hydrogens is 264 g/mol. The van der Waals surface area contributed by atoms with Crippen molar-refractivity contribution in [2.45, 2.75) is 30.7 Å². The Morgan fingerprint density at radius 1 is 1.41 bits per heavy atom. The number of hydrogen-bond donors (Lipinski definition) is 1. The minimum absolute atomic E-state index is 0.00478. The molecule has 5 heteroatoms. The van der Waals surface area contributed by atoms with Gasteiger partial charge in [-0.25, -0.2) is 4.39 Å². The van der Waals surface area contributed by atoms with Crippen LogP contribution in [0, 0.1) is 5.82 Å². The molecule has 1 saturated carbocycles. The zero-order valence-electron chi connectivity index (χ0n) is 9.05. The summed E-state index contributed by atoms with van der Waals surface area (Å²) in [6.45, 7) is 0. The third-order valence-electron chi connectivity index (χ3n) is 2.92. The van der Waals surface area contributed by atoms with Crippen LogP contribution in [0.5, 0.6) is 0 Å². The van der Waals surface area contributed by atoms with Crippen molar-refractivity contribution in [2.24, 2.45) is 0 Å². The minimum atomic E-state index is -0.612. The van der Waals surface area contributed by atoms with Crippen LogP contribution in [0.4, 0.5) is 4.39 Å². The molecule has 1 aliphatic carbocycles. The lowest BCUT2D eigenvalue weighted by molar-refractivity contribution is 0.0934. The third-order valence-corrected chi connectivity index (χ3v) is 3.68. The molecule has 1 aromatic carbocycles. The molecule has 0 radical (unpaired) electrons. The van der Waals surface area contributed by atoms with Gasteiger partial charge in [-0.15, -0.1) is 11.6 Å². The summed E-state index contributed by atoms with van der Waals surface area (Å²) in [5.74, 6) is -1.05. The second-order valence-electron chi connectivity index (χ2n) is 4.15. The van der Waals surface area contributed by atoms with E-state index in [0.29, 0.717) is 0 Å². The van der Waals surface area contributed by atoms with Crippen LogP contribution in [-0.2, 0) is 0 Å². The molecule has 2 unspecified atom stereocenters. The van der Waals surface area contributed by atoms with E-state index in [1.54, 1.807) is 0 Å². The van der Waals surface area contributed by atoms with Crippen molar-refractivity contribution < 1.29 is 9.18 Å². The molecule has 0 aromatic heterocycles. The van der Waals surface area contributed by atoms with Gasteiger partial charge in [-0.05, 0) is 37.5 Å². The first-order chi connectivity index (χ1) is 8.08. The van der Waals surface area contributed by atoms with Crippen molar-refractivity contribution in [1.29, 1.82) is 0 Å². The van der Waals surface area contributed by atoms with Gasteiger partial charge in [0.2, 0.25) is 0 Å². The Hall–Kier alpha value is -0.800. The van der Waals surface area contributed by atoms with Crippen molar-refractivity contribution in [2.75, 3.05) is 0 Å². The first-order valence-corrected chi connectivity index (χ1v) is 6.29. The molecule has 0 heterocycles. The molecule has 2 nitrogen and oxygen atoms in total. The zero-order valence-corrected chi connectivity index (χ0v) is 10.6. The number of amides is 1. The highest BCUT2D eigenvalue weighted by molar-refractivity contribution is 6.30. The van der Waals surface area contributed by atoms with Crippen LogP contribution in [-0.4, -0.2) is 17.3 Å². The quantitative estimate of drug-likeness (QED) is 0.824. The molecule has 92 valence electrons. The van der Waals surface area contributed by atoms with Crippen LogP contribution in [0.25, 0.3) is 0 Å². The fourth-order valence-corrected chi connectivity index (χ4v) is 2.50. The summed E-state index contributed by atoms with van der Waals surface area (Å²) in [6.07, 6.45) is 2.72. The van der Waals surface area contributed by atoms with Crippen LogP contribution < -0.4 is 5.32 Å². The van der Waals surface area contributed by atoms with Crippen LogP contribution >= 0.6 is 23.2 Å². The molecule has 0 spiro atoms. The molecule has 1 aliphatic rings. The molecule has 0 bridgehead atoms. The molecular formula is C12H12Cl2FNO. The molecule has 1 aromatic rings. The van der Waals surface area contributed by atoms with Gasteiger partial charge in [0.15, 0.2) is 0 Å². The number of carbonyl (C=O) groups excluding carboxylic acids is 1. The number of carbonyl (C=O) groups is 1. The maximum Gasteiger partial charge on any atom is 0.254 e. The van der Waals surface area contributed by atoms with E-state index in [1.807, 2.05) is 0 Å². The lowest BCUT2D eigenvalue weighted by atomic mass is 10.1. The van der Waals surface area contributed by atoms with Gasteiger partial charge in [0.1, 0.15) is 5.82 Å². The number of alkyl halides is 1. The first kappa shape index (κ1) is 12.7. The van der Waals surface area contributed by atoms with E-state index < -0.39 is 11.7 Å². The predicted molar refractivity (Wildman–Crippen MR) is 66.2 cm³/mol. The summed E-state index contributed by atoms with van der Waals surface area (Å²) in [5, 5.41) is 2.96. The van der Waals surface area contributed by atoms with Gasteiger partial charge in [-0.1, -0.05) is 11.6 Å². The van der Waals surface area contributed by atoms with Crippen molar-refractivity contribution in [3.8, 4) is 0 Å². The van der Waals surface area contributed by atoms with Crippen molar-refractivity contribution in [3.05, 3.63) is 34.6 Å². The van der Waals surface area contributed by atoms with Crippen LogP contribution in [0.1, 0.15) is 29.6 Å². The van der Waals surface area contributed by atoms with E-state index in [1.165, 1.54) is 12.1 Å². The smallest absolute Gasteiger partial charge is 0.254 e. The highest BCUT2D eigenvalue weighted by Crippen LogP contribution is 2.24. The Balaban J connectivity index is 2.09. The molecule has 0 saturated heterocycles. The second kappa shape index (κ2) is 5.23. The van der Waals surface area contributed by atoms with E-state index >= 15 is 0 Å². The zero-order chi connectivity index (χ0) is 12.4. The third kappa shape index (κ3) is 2.90. The van der Waals surface area contributed by atoms with Gasteiger partial charge in [0, 0.05) is 11.1 Å². The fourth-order valence-electron chi connectivity index (χ4n) is 2.00. The van der Waals surface area contributed by atoms with Crippen LogP contribution in [0.3, 0.4) is 0 Å². The topological polar surface area (TPSA) is 29.1 Å². The molecule has 1 N–H and O–H groups in total. The van der Waals surface area contributed by atoms with Crippen molar-refractivity contribution >= 4 is 29.1 Å². The fraction of sp³-hybridized carbons (Fsp3) is 0.417. The van der Waals surface area contributed by atoms with Gasteiger partial charge in [0.05, 0.1) is 10.9 Å². The van der Waals surface area contributed by atoms with E-state index in [2.05, 4.69) is 5.32 Å². The van der Waals surface area contributed by atoms with Gasteiger partial charge < -0.3 is 5.32 Å². The van der Waals surface area contributed by atoms with Crippen molar-refractivity contribution in [1.82, 2.24) is 5.32 Å². The number of nitrogens with one attached hydrogen (secondary N) is 1. The maximum atomic E-state index is 13.5. The van der Waals surface area contributed by atoms with E-state index in [0.717, 1.165) is 25.3 Å². The molecule has 2 rings (SSSR count). The molecule has 0 aliphatic heterocycles. The Bertz CT molecular complexity index is 439. The molecule has 1 amide bonds. The Morgan fingerprint density at radius 2 is 2.18 bits per heavy atom. The highest BCUT2D eigenvalue weighted by atomic mass is 35.5. The lowest BCUT2D eigenvalue weighted by Gasteiger charge is -2.16.